The first-order chi connectivity index (χ1) is 12.0. The second kappa shape index (κ2) is 6.65. The van der Waals surface area contributed by atoms with Gasteiger partial charge in [-0.2, -0.15) is 0 Å². The summed E-state index contributed by atoms with van der Waals surface area (Å²) < 4.78 is 0. The molecule has 0 fully saturated rings. The van der Waals surface area contributed by atoms with Crippen LogP contribution in [0.3, 0.4) is 0 Å². The van der Waals surface area contributed by atoms with E-state index in [0.717, 1.165) is 5.56 Å². The van der Waals surface area contributed by atoms with Gasteiger partial charge in [-0.05, 0) is 17.5 Å². The molecule has 0 aromatic heterocycles. The average Bonchev–Trinajstić information content (AvgIpc) is 2.61. The molecule has 0 saturated heterocycles. The van der Waals surface area contributed by atoms with Gasteiger partial charge in [0.25, 0.3) is 0 Å². The van der Waals surface area contributed by atoms with Crippen LogP contribution in [0.5, 0.6) is 0 Å². The Morgan fingerprint density at radius 1 is 0.880 bits per heavy atom. The van der Waals surface area contributed by atoms with Crippen LogP contribution < -0.4 is 5.73 Å². The van der Waals surface area contributed by atoms with Gasteiger partial charge in [0, 0.05) is 17.1 Å². The van der Waals surface area contributed by atoms with Crippen LogP contribution in [0.2, 0.25) is 0 Å². The van der Waals surface area contributed by atoms with Gasteiger partial charge in [-0.25, -0.2) is 9.59 Å². The first-order valence-corrected chi connectivity index (χ1v) is 7.80. The van der Waals surface area contributed by atoms with Crippen molar-refractivity contribution in [2.24, 2.45) is 5.73 Å². The summed E-state index contributed by atoms with van der Waals surface area (Å²) in [5.41, 5.74) is 7.98. The van der Waals surface area contributed by atoms with Crippen LogP contribution in [0.15, 0.2) is 77.5 Å². The molecule has 0 bridgehead atoms. The Morgan fingerprint density at radius 2 is 1.44 bits per heavy atom. The number of hydrogen-bond donors (Lipinski definition) is 3. The van der Waals surface area contributed by atoms with Crippen molar-refractivity contribution >= 4 is 17.5 Å². The number of carboxylic acids is 2. The van der Waals surface area contributed by atoms with Crippen LogP contribution in [0.25, 0.3) is 5.57 Å². The van der Waals surface area contributed by atoms with E-state index in [1.54, 1.807) is 54.6 Å². The van der Waals surface area contributed by atoms with E-state index in [2.05, 4.69) is 0 Å². The van der Waals surface area contributed by atoms with Gasteiger partial charge in [-0.15, -0.1) is 0 Å². The summed E-state index contributed by atoms with van der Waals surface area (Å²) in [5, 5.41) is 19.4. The highest BCUT2D eigenvalue weighted by molar-refractivity contribution is 6.06. The fourth-order valence-corrected chi connectivity index (χ4v) is 3.26. The molecule has 4 N–H and O–H groups in total. The van der Waals surface area contributed by atoms with E-state index in [0.29, 0.717) is 5.56 Å². The molecular weight excluding hydrogens is 318 g/mol. The smallest absolute Gasteiger partial charge is 0.334 e. The minimum Gasteiger partial charge on any atom is -0.478 e. The minimum atomic E-state index is -1.13. The van der Waals surface area contributed by atoms with E-state index in [4.69, 9.17) is 5.73 Å². The number of allylic oxidation sites excluding steroid dienone is 1. The predicted octanol–water partition coefficient (Wildman–Crippen LogP) is 3.01. The minimum absolute atomic E-state index is 0.0104. The van der Waals surface area contributed by atoms with Crippen molar-refractivity contribution in [1.29, 1.82) is 0 Å². The topological polar surface area (TPSA) is 101 Å². The normalized spacial score (nSPS) is 17.5. The molecule has 1 aliphatic carbocycles. The predicted molar refractivity (Wildman–Crippen MR) is 93.6 cm³/mol. The molecule has 5 nitrogen and oxygen atoms in total. The van der Waals surface area contributed by atoms with E-state index >= 15 is 0 Å². The zero-order chi connectivity index (χ0) is 18.0. The second-order valence-corrected chi connectivity index (χ2v) is 5.82. The van der Waals surface area contributed by atoms with Gasteiger partial charge >= 0.3 is 11.9 Å². The van der Waals surface area contributed by atoms with E-state index in [1.807, 2.05) is 6.07 Å². The molecule has 3 rings (SSSR count). The van der Waals surface area contributed by atoms with Crippen LogP contribution in [-0.4, -0.2) is 22.2 Å². The quantitative estimate of drug-likeness (QED) is 0.797. The van der Waals surface area contributed by atoms with Crippen molar-refractivity contribution in [1.82, 2.24) is 0 Å². The Kier molecular flexibility index (Phi) is 4.39. The SMILES string of the molecule is NC1=C(C(=O)O)C(c2ccccc2)CC(C(=O)O)=C1c1ccccc1. The van der Waals surface area contributed by atoms with E-state index in [1.165, 1.54) is 0 Å². The number of hydrogen-bond acceptors (Lipinski definition) is 3. The summed E-state index contributed by atoms with van der Waals surface area (Å²) in [5.74, 6) is -2.83. The van der Waals surface area contributed by atoms with E-state index in [9.17, 15) is 19.8 Å². The van der Waals surface area contributed by atoms with Gasteiger partial charge in [0.1, 0.15) is 0 Å². The van der Waals surface area contributed by atoms with Gasteiger partial charge in [0.15, 0.2) is 0 Å². The maximum atomic E-state index is 11.9. The van der Waals surface area contributed by atoms with Crippen LogP contribution >= 0.6 is 0 Å². The van der Waals surface area contributed by atoms with Crippen molar-refractivity contribution in [3.8, 4) is 0 Å². The van der Waals surface area contributed by atoms with Crippen molar-refractivity contribution in [2.45, 2.75) is 12.3 Å². The monoisotopic (exact) mass is 335 g/mol. The summed E-state index contributed by atoms with van der Waals surface area (Å²) in [6.07, 6.45) is 0.0753. The van der Waals surface area contributed by atoms with Gasteiger partial charge in [0.05, 0.1) is 11.3 Å². The maximum Gasteiger partial charge on any atom is 0.334 e. The lowest BCUT2D eigenvalue weighted by Gasteiger charge is -2.28. The Bertz CT molecular complexity index is 882. The van der Waals surface area contributed by atoms with Crippen LogP contribution in [-0.2, 0) is 9.59 Å². The van der Waals surface area contributed by atoms with Crippen LogP contribution in [0.4, 0.5) is 0 Å². The highest BCUT2D eigenvalue weighted by Gasteiger charge is 2.35. The van der Waals surface area contributed by atoms with Crippen molar-refractivity contribution in [2.75, 3.05) is 0 Å². The standard InChI is InChI=1S/C20H17NO4/c21-18-16(13-9-5-2-6-10-13)15(19(22)23)11-14(17(18)20(24)25)12-7-3-1-4-8-12/h1-10,14H,11,21H2,(H,22,23)(H,24,25). The molecule has 1 aliphatic rings. The summed E-state index contributed by atoms with van der Waals surface area (Å²) in [4.78, 5) is 23.7. The molecule has 126 valence electrons. The lowest BCUT2D eigenvalue weighted by Crippen LogP contribution is -2.26. The summed E-state index contributed by atoms with van der Waals surface area (Å²) >= 11 is 0. The summed E-state index contributed by atoms with van der Waals surface area (Å²) in [6.45, 7) is 0. The second-order valence-electron chi connectivity index (χ2n) is 5.82. The van der Waals surface area contributed by atoms with Crippen molar-refractivity contribution in [3.05, 3.63) is 88.6 Å². The Labute approximate surface area is 144 Å². The largest absolute Gasteiger partial charge is 0.478 e. The van der Waals surface area contributed by atoms with Gasteiger partial charge in [-0.1, -0.05) is 60.7 Å². The number of carboxylic acid groups (broad SMARTS) is 2. The molecule has 0 radical (unpaired) electrons. The zero-order valence-electron chi connectivity index (χ0n) is 13.3. The number of benzene rings is 2. The summed E-state index contributed by atoms with van der Waals surface area (Å²) in [7, 11) is 0. The molecule has 0 spiro atoms. The number of aliphatic carboxylic acids is 2. The Hall–Kier alpha value is -3.34. The molecule has 0 amide bonds. The molecule has 0 saturated carbocycles. The molecular formula is C20H17NO4. The van der Waals surface area contributed by atoms with E-state index in [-0.39, 0.29) is 28.8 Å². The van der Waals surface area contributed by atoms with Gasteiger partial charge in [0.2, 0.25) is 0 Å². The average molecular weight is 335 g/mol. The first kappa shape index (κ1) is 16.5. The fourth-order valence-electron chi connectivity index (χ4n) is 3.26. The molecule has 25 heavy (non-hydrogen) atoms. The fraction of sp³-hybridized carbons (Fsp3) is 0.100. The summed E-state index contributed by atoms with van der Waals surface area (Å²) in [6, 6.07) is 17.8. The highest BCUT2D eigenvalue weighted by Crippen LogP contribution is 2.42. The van der Waals surface area contributed by atoms with Crippen LogP contribution in [0, 0.1) is 0 Å². The number of nitrogens with two attached hydrogens (primary N) is 1. The van der Waals surface area contributed by atoms with E-state index < -0.39 is 17.9 Å². The Morgan fingerprint density at radius 3 is 1.96 bits per heavy atom. The third-order valence-electron chi connectivity index (χ3n) is 4.37. The highest BCUT2D eigenvalue weighted by atomic mass is 16.4. The van der Waals surface area contributed by atoms with Crippen molar-refractivity contribution < 1.29 is 19.8 Å². The number of carbonyl (C=O) groups is 2. The zero-order valence-corrected chi connectivity index (χ0v) is 13.3. The third-order valence-corrected chi connectivity index (χ3v) is 4.37. The maximum absolute atomic E-state index is 11.9. The van der Waals surface area contributed by atoms with Crippen molar-refractivity contribution in [3.63, 3.8) is 0 Å². The first-order valence-electron chi connectivity index (χ1n) is 7.80. The lowest BCUT2D eigenvalue weighted by molar-refractivity contribution is -0.134. The van der Waals surface area contributed by atoms with Crippen LogP contribution in [0.1, 0.15) is 23.5 Å². The Balaban J connectivity index is 2.24. The van der Waals surface area contributed by atoms with Gasteiger partial charge < -0.3 is 15.9 Å². The molecule has 5 heteroatoms. The molecule has 2 aromatic carbocycles. The lowest BCUT2D eigenvalue weighted by atomic mass is 9.76. The molecule has 0 heterocycles. The molecule has 1 unspecified atom stereocenters. The third kappa shape index (κ3) is 3.04. The molecule has 0 aliphatic heterocycles. The molecule has 2 aromatic rings. The molecule has 1 atom stereocenters. The number of rotatable bonds is 4. The van der Waals surface area contributed by atoms with Gasteiger partial charge in [-0.3, -0.25) is 0 Å².